The average Bonchev–Trinajstić information content (AvgIpc) is 3.05. The number of amides is 2. The van der Waals surface area contributed by atoms with Crippen LogP contribution in [0, 0.1) is 5.41 Å². The lowest BCUT2D eigenvalue weighted by molar-refractivity contribution is -0.124. The van der Waals surface area contributed by atoms with E-state index in [0.29, 0.717) is 26.2 Å². The highest BCUT2D eigenvalue weighted by molar-refractivity contribution is 5.93. The number of carbonyl (C=O) groups excluding carboxylic acids is 2. The molecule has 1 aromatic rings. The minimum atomic E-state index is -0.368. The van der Waals surface area contributed by atoms with E-state index in [4.69, 9.17) is 4.74 Å². The van der Waals surface area contributed by atoms with Gasteiger partial charge in [-0.1, -0.05) is 43.2 Å². The molecule has 0 unspecified atom stereocenters. The summed E-state index contributed by atoms with van der Waals surface area (Å²) >= 11 is 0. The van der Waals surface area contributed by atoms with Gasteiger partial charge in [0.25, 0.3) is 0 Å². The highest BCUT2D eigenvalue weighted by Crippen LogP contribution is 2.72. The Hall–Kier alpha value is -2.04. The molecule has 2 saturated carbocycles. The van der Waals surface area contributed by atoms with Crippen molar-refractivity contribution in [2.75, 3.05) is 26.2 Å². The topological polar surface area (TPSA) is 58.6 Å². The number of cyclic esters (lactones) is 1. The standard InChI is InChI=1S/C20H26N2O3/c23-17(21-11-13-22-12-6-14-25-18(22)24)20(16-7-2-1-3-8-16)15-19(20)9-4-5-10-19/h1-3,7-8H,4-6,9-15H2,(H,21,23)/t20-/m0/s1. The molecule has 1 N–H and O–H groups in total. The molecule has 1 aromatic carbocycles. The van der Waals surface area contributed by atoms with Gasteiger partial charge in [0.1, 0.15) is 0 Å². The quantitative estimate of drug-likeness (QED) is 0.895. The molecule has 4 rings (SSSR count). The SMILES string of the molecule is O=C1OCCCN1CCNC(=O)[C@@]1(c2ccccc2)CC12CCCC2. The molecule has 1 atom stereocenters. The first-order valence-corrected chi connectivity index (χ1v) is 9.44. The lowest BCUT2D eigenvalue weighted by atomic mass is 9.84. The normalized spacial score (nSPS) is 27.2. The van der Waals surface area contributed by atoms with Crippen LogP contribution in [0.4, 0.5) is 4.79 Å². The van der Waals surface area contributed by atoms with Gasteiger partial charge in [-0.2, -0.15) is 0 Å². The van der Waals surface area contributed by atoms with E-state index in [2.05, 4.69) is 17.4 Å². The predicted octanol–water partition coefficient (Wildman–Crippen LogP) is 2.85. The average molecular weight is 342 g/mol. The Balaban J connectivity index is 1.44. The summed E-state index contributed by atoms with van der Waals surface area (Å²) in [5.41, 5.74) is 0.933. The molecule has 5 heteroatoms. The maximum absolute atomic E-state index is 13.2. The third-order valence-electron chi connectivity index (χ3n) is 6.32. The molecular weight excluding hydrogens is 316 g/mol. The molecule has 3 fully saturated rings. The number of hydrogen-bond donors (Lipinski definition) is 1. The molecule has 1 saturated heterocycles. The Bertz CT molecular complexity index is 654. The zero-order valence-corrected chi connectivity index (χ0v) is 14.6. The van der Waals surface area contributed by atoms with Gasteiger partial charge >= 0.3 is 6.09 Å². The number of carbonyl (C=O) groups is 2. The van der Waals surface area contributed by atoms with E-state index < -0.39 is 0 Å². The first-order valence-electron chi connectivity index (χ1n) is 9.44. The minimum Gasteiger partial charge on any atom is -0.449 e. The van der Waals surface area contributed by atoms with E-state index in [1.165, 1.54) is 12.8 Å². The van der Waals surface area contributed by atoms with E-state index in [1.807, 2.05) is 18.2 Å². The zero-order chi connectivity index (χ0) is 17.3. The van der Waals surface area contributed by atoms with Crippen molar-refractivity contribution in [1.82, 2.24) is 10.2 Å². The summed E-state index contributed by atoms with van der Waals surface area (Å²) in [6.45, 7) is 2.21. The molecule has 0 bridgehead atoms. The maximum atomic E-state index is 13.2. The Morgan fingerprint density at radius 3 is 2.64 bits per heavy atom. The summed E-state index contributed by atoms with van der Waals surface area (Å²) in [6, 6.07) is 10.2. The van der Waals surface area contributed by atoms with Gasteiger partial charge in [0.15, 0.2) is 0 Å². The fourth-order valence-corrected chi connectivity index (χ4v) is 4.96. The van der Waals surface area contributed by atoms with Gasteiger partial charge in [-0.25, -0.2) is 4.79 Å². The second kappa shape index (κ2) is 6.36. The van der Waals surface area contributed by atoms with Crippen molar-refractivity contribution in [2.45, 2.75) is 43.9 Å². The molecule has 0 radical (unpaired) electrons. The first-order chi connectivity index (χ1) is 12.2. The Labute approximate surface area is 148 Å². The lowest BCUT2D eigenvalue weighted by Gasteiger charge is -2.27. The van der Waals surface area contributed by atoms with Crippen LogP contribution in [0.5, 0.6) is 0 Å². The van der Waals surface area contributed by atoms with Crippen molar-refractivity contribution in [1.29, 1.82) is 0 Å². The van der Waals surface area contributed by atoms with Crippen LogP contribution in [0.2, 0.25) is 0 Å². The van der Waals surface area contributed by atoms with E-state index in [1.54, 1.807) is 4.90 Å². The molecule has 3 aliphatic rings. The highest BCUT2D eigenvalue weighted by atomic mass is 16.6. The predicted molar refractivity (Wildman–Crippen MR) is 94.2 cm³/mol. The van der Waals surface area contributed by atoms with Crippen LogP contribution in [0.25, 0.3) is 0 Å². The van der Waals surface area contributed by atoms with Gasteiger partial charge in [0.05, 0.1) is 12.0 Å². The van der Waals surface area contributed by atoms with E-state index in [-0.39, 0.29) is 22.8 Å². The molecule has 2 aliphatic carbocycles. The van der Waals surface area contributed by atoms with Crippen molar-refractivity contribution in [3.05, 3.63) is 35.9 Å². The van der Waals surface area contributed by atoms with Crippen molar-refractivity contribution in [2.24, 2.45) is 5.41 Å². The molecule has 2 amide bonds. The van der Waals surface area contributed by atoms with Gasteiger partial charge in [-0.15, -0.1) is 0 Å². The molecule has 25 heavy (non-hydrogen) atoms. The molecule has 134 valence electrons. The van der Waals surface area contributed by atoms with Gasteiger partial charge in [0.2, 0.25) is 5.91 Å². The minimum absolute atomic E-state index is 0.131. The number of rotatable bonds is 5. The smallest absolute Gasteiger partial charge is 0.409 e. The monoisotopic (exact) mass is 342 g/mol. The van der Waals surface area contributed by atoms with Crippen LogP contribution in [0.3, 0.4) is 0 Å². The molecule has 1 aliphatic heterocycles. The van der Waals surface area contributed by atoms with E-state index >= 15 is 0 Å². The fraction of sp³-hybridized carbons (Fsp3) is 0.600. The number of hydrogen-bond acceptors (Lipinski definition) is 3. The lowest BCUT2D eigenvalue weighted by Crippen LogP contribution is -2.45. The zero-order valence-electron chi connectivity index (χ0n) is 14.6. The van der Waals surface area contributed by atoms with Gasteiger partial charge in [-0.3, -0.25) is 4.79 Å². The second-order valence-electron chi connectivity index (χ2n) is 7.65. The summed E-state index contributed by atoms with van der Waals surface area (Å²) < 4.78 is 5.05. The summed E-state index contributed by atoms with van der Waals surface area (Å²) in [6.07, 6.45) is 6.29. The van der Waals surface area contributed by atoms with Crippen LogP contribution in [0.1, 0.15) is 44.1 Å². The number of benzene rings is 1. The first kappa shape index (κ1) is 16.4. The van der Waals surface area contributed by atoms with E-state index in [0.717, 1.165) is 31.2 Å². The summed E-state index contributed by atoms with van der Waals surface area (Å²) in [4.78, 5) is 26.5. The van der Waals surface area contributed by atoms with Crippen LogP contribution in [-0.2, 0) is 14.9 Å². The third-order valence-corrected chi connectivity index (χ3v) is 6.32. The number of ether oxygens (including phenoxy) is 1. The number of nitrogens with one attached hydrogen (secondary N) is 1. The molecule has 1 heterocycles. The van der Waals surface area contributed by atoms with Gasteiger partial charge < -0.3 is 15.0 Å². The Morgan fingerprint density at radius 2 is 1.92 bits per heavy atom. The van der Waals surface area contributed by atoms with Gasteiger partial charge in [0, 0.05) is 19.6 Å². The molecule has 0 aromatic heterocycles. The molecule has 5 nitrogen and oxygen atoms in total. The van der Waals surface area contributed by atoms with Crippen LogP contribution >= 0.6 is 0 Å². The summed E-state index contributed by atoms with van der Waals surface area (Å²) in [7, 11) is 0. The van der Waals surface area contributed by atoms with Crippen molar-refractivity contribution >= 4 is 12.0 Å². The second-order valence-corrected chi connectivity index (χ2v) is 7.65. The third kappa shape index (κ3) is 2.70. The Morgan fingerprint density at radius 1 is 1.16 bits per heavy atom. The van der Waals surface area contributed by atoms with Crippen molar-refractivity contribution in [3.8, 4) is 0 Å². The Kier molecular flexibility index (Phi) is 4.18. The summed E-state index contributed by atoms with van der Waals surface area (Å²) in [5.74, 6) is 0.131. The number of nitrogens with zero attached hydrogens (tertiary/aromatic N) is 1. The van der Waals surface area contributed by atoms with Crippen LogP contribution in [0.15, 0.2) is 30.3 Å². The van der Waals surface area contributed by atoms with Gasteiger partial charge in [-0.05, 0) is 36.7 Å². The molecular formula is C20H26N2O3. The van der Waals surface area contributed by atoms with Crippen LogP contribution in [-0.4, -0.2) is 43.1 Å². The van der Waals surface area contributed by atoms with Crippen LogP contribution < -0.4 is 5.32 Å². The summed E-state index contributed by atoms with van der Waals surface area (Å²) in [5, 5.41) is 3.11. The molecule has 1 spiro atoms. The van der Waals surface area contributed by atoms with Crippen molar-refractivity contribution in [3.63, 3.8) is 0 Å². The maximum Gasteiger partial charge on any atom is 0.409 e. The van der Waals surface area contributed by atoms with E-state index in [9.17, 15) is 9.59 Å². The fourth-order valence-electron chi connectivity index (χ4n) is 4.96. The largest absolute Gasteiger partial charge is 0.449 e. The highest BCUT2D eigenvalue weighted by Gasteiger charge is 2.72. The van der Waals surface area contributed by atoms with Crippen molar-refractivity contribution < 1.29 is 14.3 Å².